The van der Waals surface area contributed by atoms with Crippen molar-refractivity contribution in [3.8, 4) is 5.75 Å². The SMILES string of the molecule is COc1cc(N(C)CCN(C)C)c([N+](=O)[O-])cc1Nc1ncc(C(=O)OC(C)C)c(N2CC(C)(C)c3nc(N4CCC4)ccc32)n1. The van der Waals surface area contributed by atoms with Crippen LogP contribution in [0.4, 0.5) is 40.3 Å². The molecule has 0 unspecified atom stereocenters. The van der Waals surface area contributed by atoms with Crippen LogP contribution in [0.5, 0.6) is 5.75 Å². The first-order valence-electron chi connectivity index (χ1n) is 15.4. The molecule has 1 N–H and O–H groups in total. The molecule has 0 atom stereocenters. The number of carbonyl (C=O) groups is 1. The van der Waals surface area contributed by atoms with E-state index in [0.29, 0.717) is 42.6 Å². The van der Waals surface area contributed by atoms with E-state index in [1.807, 2.05) is 40.9 Å². The molecule has 0 amide bonds. The Balaban J connectivity index is 1.55. The number of aromatic nitrogens is 3. The minimum absolute atomic E-state index is 0.0961. The molecule has 0 bridgehead atoms. The first kappa shape index (κ1) is 32.7. The second-order valence-electron chi connectivity index (χ2n) is 12.9. The fraction of sp³-hybridized carbons (Fsp3) is 0.500. The highest BCUT2D eigenvalue weighted by Gasteiger charge is 2.40. The molecule has 3 aromatic rings. The van der Waals surface area contributed by atoms with Crippen LogP contribution >= 0.6 is 0 Å². The maximum atomic E-state index is 13.3. The normalized spacial score (nSPS) is 15.1. The first-order valence-corrected chi connectivity index (χ1v) is 15.4. The number of nitro groups is 1. The molecule has 0 aliphatic carbocycles. The zero-order valence-electron chi connectivity index (χ0n) is 27.8. The van der Waals surface area contributed by atoms with Gasteiger partial charge in [-0.3, -0.25) is 10.1 Å². The van der Waals surface area contributed by atoms with Crippen molar-refractivity contribution >= 4 is 46.3 Å². The molecule has 4 heterocycles. The molecule has 0 spiro atoms. The lowest BCUT2D eigenvalue weighted by atomic mass is 9.91. The summed E-state index contributed by atoms with van der Waals surface area (Å²) >= 11 is 0. The number of carbonyl (C=O) groups excluding carboxylic acids is 1. The van der Waals surface area contributed by atoms with Gasteiger partial charge in [0.25, 0.3) is 5.69 Å². The van der Waals surface area contributed by atoms with Gasteiger partial charge in [0, 0.05) is 63.5 Å². The monoisotopic (exact) mass is 633 g/mol. The average Bonchev–Trinajstić information content (AvgIpc) is 3.24. The van der Waals surface area contributed by atoms with Gasteiger partial charge in [0.2, 0.25) is 5.95 Å². The molecule has 0 radical (unpaired) electrons. The Labute approximate surface area is 269 Å². The third-order valence-electron chi connectivity index (χ3n) is 8.15. The Morgan fingerprint density at radius 3 is 2.50 bits per heavy atom. The number of anilines is 6. The molecule has 14 heteroatoms. The predicted molar refractivity (Wildman–Crippen MR) is 178 cm³/mol. The van der Waals surface area contributed by atoms with Gasteiger partial charge >= 0.3 is 5.97 Å². The maximum absolute atomic E-state index is 13.3. The zero-order valence-corrected chi connectivity index (χ0v) is 27.8. The van der Waals surface area contributed by atoms with Gasteiger partial charge in [-0.15, -0.1) is 0 Å². The lowest BCUT2D eigenvalue weighted by Gasteiger charge is -2.32. The van der Waals surface area contributed by atoms with E-state index < -0.39 is 10.9 Å². The standard InChI is InChI=1S/C32H43N9O5/c1-20(2)46-30(42)21-18-33-31(34-22-16-25(41(43)44)24(17-26(22)45-8)38(7)15-14-37(5)6)36-29(21)40-19-32(3,4)28-23(40)10-11-27(35-28)39-12-9-13-39/h10-11,16-18,20H,9,12-15,19H2,1-8H3,(H,33,34,36). The molecule has 2 aliphatic rings. The number of nitrogens with zero attached hydrogens (tertiary/aromatic N) is 8. The molecule has 246 valence electrons. The number of likely N-dealkylation sites (N-methyl/N-ethyl adjacent to an activating group) is 2. The van der Waals surface area contributed by atoms with Gasteiger partial charge in [0.15, 0.2) is 5.82 Å². The molecule has 0 saturated carbocycles. The van der Waals surface area contributed by atoms with E-state index in [0.717, 1.165) is 36.7 Å². The van der Waals surface area contributed by atoms with Gasteiger partial charge in [0.1, 0.15) is 22.8 Å². The van der Waals surface area contributed by atoms with Crippen molar-refractivity contribution in [2.45, 2.75) is 45.6 Å². The van der Waals surface area contributed by atoms with Crippen LogP contribution in [0.2, 0.25) is 0 Å². The molecular weight excluding hydrogens is 590 g/mol. The third kappa shape index (κ3) is 6.62. The van der Waals surface area contributed by atoms with Crippen molar-refractivity contribution in [3.63, 3.8) is 0 Å². The van der Waals surface area contributed by atoms with E-state index in [2.05, 4.69) is 29.0 Å². The number of pyridine rings is 1. The molecule has 1 fully saturated rings. The molecule has 5 rings (SSSR count). The highest BCUT2D eigenvalue weighted by Crippen LogP contribution is 2.45. The lowest BCUT2D eigenvalue weighted by molar-refractivity contribution is -0.384. The van der Waals surface area contributed by atoms with E-state index in [4.69, 9.17) is 19.4 Å². The van der Waals surface area contributed by atoms with Crippen molar-refractivity contribution in [2.75, 3.05) is 81.0 Å². The van der Waals surface area contributed by atoms with Gasteiger partial charge in [-0.05, 0) is 46.5 Å². The second kappa shape index (κ2) is 12.9. The van der Waals surface area contributed by atoms with Crippen LogP contribution in [-0.4, -0.2) is 97.8 Å². The molecule has 14 nitrogen and oxygen atoms in total. The number of fused-ring (bicyclic) bond motifs is 1. The maximum Gasteiger partial charge on any atom is 0.343 e. The summed E-state index contributed by atoms with van der Waals surface area (Å²) in [6.45, 7) is 11.6. The quantitative estimate of drug-likeness (QED) is 0.167. The number of hydrogen-bond acceptors (Lipinski definition) is 13. The van der Waals surface area contributed by atoms with Crippen LogP contribution in [-0.2, 0) is 10.2 Å². The summed E-state index contributed by atoms with van der Waals surface area (Å²) in [5, 5.41) is 15.3. The number of benzene rings is 1. The van der Waals surface area contributed by atoms with Crippen LogP contribution < -0.4 is 24.8 Å². The fourth-order valence-corrected chi connectivity index (χ4v) is 5.55. The highest BCUT2D eigenvalue weighted by molar-refractivity contribution is 5.96. The number of esters is 1. The second-order valence-corrected chi connectivity index (χ2v) is 12.9. The Morgan fingerprint density at radius 1 is 1.15 bits per heavy atom. The summed E-state index contributed by atoms with van der Waals surface area (Å²) in [5.41, 5.74) is 2.25. The summed E-state index contributed by atoms with van der Waals surface area (Å²) in [5.74, 6) is 1.25. The van der Waals surface area contributed by atoms with Crippen molar-refractivity contribution in [2.24, 2.45) is 0 Å². The minimum Gasteiger partial charge on any atom is -0.494 e. The lowest BCUT2D eigenvalue weighted by Crippen LogP contribution is -2.37. The van der Waals surface area contributed by atoms with Crippen molar-refractivity contribution in [3.05, 3.63) is 51.8 Å². The number of nitrogens with one attached hydrogen (secondary N) is 1. The van der Waals surface area contributed by atoms with E-state index in [1.165, 1.54) is 19.4 Å². The predicted octanol–water partition coefficient (Wildman–Crippen LogP) is 4.73. The summed E-state index contributed by atoms with van der Waals surface area (Å²) in [6, 6.07) is 7.07. The number of ether oxygens (including phenoxy) is 2. The topological polar surface area (TPSA) is 142 Å². The van der Waals surface area contributed by atoms with Crippen molar-refractivity contribution in [1.82, 2.24) is 19.9 Å². The molecule has 2 aromatic heterocycles. The molecule has 46 heavy (non-hydrogen) atoms. The van der Waals surface area contributed by atoms with Crippen molar-refractivity contribution < 1.29 is 19.2 Å². The summed E-state index contributed by atoms with van der Waals surface area (Å²) in [6.07, 6.45) is 2.23. The van der Waals surface area contributed by atoms with Gasteiger partial charge in [-0.1, -0.05) is 13.8 Å². The molecule has 1 saturated heterocycles. The Hall–Kier alpha value is -4.72. The number of nitro benzene ring substituents is 1. The average molecular weight is 634 g/mol. The number of methoxy groups -OCH3 is 1. The highest BCUT2D eigenvalue weighted by atomic mass is 16.6. The Kier molecular flexibility index (Phi) is 9.20. The Bertz CT molecular complexity index is 1620. The van der Waals surface area contributed by atoms with E-state index >= 15 is 0 Å². The largest absolute Gasteiger partial charge is 0.494 e. The van der Waals surface area contributed by atoms with Gasteiger partial charge in [-0.25, -0.2) is 14.8 Å². The van der Waals surface area contributed by atoms with E-state index in [-0.39, 0.29) is 28.7 Å². The van der Waals surface area contributed by atoms with Crippen LogP contribution in [0.15, 0.2) is 30.5 Å². The summed E-state index contributed by atoms with van der Waals surface area (Å²) in [4.78, 5) is 47.4. The zero-order chi connectivity index (χ0) is 33.3. The minimum atomic E-state index is -0.550. The van der Waals surface area contributed by atoms with Crippen LogP contribution in [0.3, 0.4) is 0 Å². The summed E-state index contributed by atoms with van der Waals surface area (Å²) in [7, 11) is 7.19. The van der Waals surface area contributed by atoms with Crippen LogP contribution in [0.25, 0.3) is 0 Å². The fourth-order valence-electron chi connectivity index (χ4n) is 5.55. The molecule has 2 aliphatic heterocycles. The van der Waals surface area contributed by atoms with Crippen LogP contribution in [0.1, 0.15) is 50.2 Å². The number of rotatable bonds is 12. The van der Waals surface area contributed by atoms with Gasteiger partial charge < -0.3 is 34.4 Å². The smallest absolute Gasteiger partial charge is 0.343 e. The number of hydrogen-bond donors (Lipinski definition) is 1. The third-order valence-corrected chi connectivity index (χ3v) is 8.15. The molecule has 1 aromatic carbocycles. The van der Waals surface area contributed by atoms with E-state index in [1.54, 1.807) is 27.0 Å². The van der Waals surface area contributed by atoms with Gasteiger partial charge in [0.05, 0.1) is 35.2 Å². The summed E-state index contributed by atoms with van der Waals surface area (Å²) < 4.78 is 11.2. The van der Waals surface area contributed by atoms with Gasteiger partial charge in [-0.2, -0.15) is 4.98 Å². The van der Waals surface area contributed by atoms with Crippen molar-refractivity contribution in [1.29, 1.82) is 0 Å². The van der Waals surface area contributed by atoms with Crippen LogP contribution in [0, 0.1) is 10.1 Å². The van der Waals surface area contributed by atoms with E-state index in [9.17, 15) is 14.9 Å². The first-order chi connectivity index (χ1) is 21.8. The molecular formula is C32H43N9O5. The Morgan fingerprint density at radius 2 is 1.89 bits per heavy atom.